The fourth-order valence-corrected chi connectivity index (χ4v) is 6.12. The van der Waals surface area contributed by atoms with E-state index in [1.165, 1.54) is 18.4 Å². The van der Waals surface area contributed by atoms with Gasteiger partial charge in [0.05, 0.1) is 30.0 Å². The number of nitrogens with zero attached hydrogens (tertiary/aromatic N) is 2. The Balaban J connectivity index is 1.71. The van der Waals surface area contributed by atoms with E-state index < -0.39 is 5.97 Å². The molecule has 2 aromatic heterocycles. The van der Waals surface area contributed by atoms with Crippen LogP contribution in [-0.2, 0) is 16.6 Å². The van der Waals surface area contributed by atoms with Gasteiger partial charge in [-0.1, -0.05) is 6.07 Å². The molecule has 2 N–H and O–H groups in total. The second-order valence-corrected chi connectivity index (χ2v) is 10.4. The van der Waals surface area contributed by atoms with E-state index in [1.54, 1.807) is 24.6 Å². The quantitative estimate of drug-likeness (QED) is 0.276. The first-order chi connectivity index (χ1) is 16.9. The molecule has 10 heteroatoms. The molecule has 0 radical (unpaired) electrons. The molecule has 1 saturated heterocycles. The molecular formula is C25H29N3O5S2. The Labute approximate surface area is 212 Å². The molecule has 0 spiro atoms. The van der Waals surface area contributed by atoms with Gasteiger partial charge in [0.2, 0.25) is 0 Å². The van der Waals surface area contributed by atoms with Crippen LogP contribution in [0.3, 0.4) is 0 Å². The van der Waals surface area contributed by atoms with E-state index in [-0.39, 0.29) is 18.2 Å². The standard InChI is InChI=1S/C25H29N3O5S2/c1-4-32-22(29)14-33-19-6-5-15(11-20(19)31-3)18-13-28(2)25(30)17-12-21(35-23(17)18)24(26)27-16-7-9-34-10-8-16/h5-6,11-13,16H,4,7-10,14H2,1-3H3,(H2,26,27). The van der Waals surface area contributed by atoms with Crippen LogP contribution in [0.2, 0.25) is 0 Å². The molecule has 4 rings (SSSR count). The minimum absolute atomic E-state index is 0.0885. The van der Waals surface area contributed by atoms with Gasteiger partial charge in [0.15, 0.2) is 18.1 Å². The van der Waals surface area contributed by atoms with Gasteiger partial charge in [0.1, 0.15) is 5.84 Å². The number of thioether (sulfide) groups is 1. The van der Waals surface area contributed by atoms with Crippen molar-refractivity contribution in [3.05, 3.63) is 45.7 Å². The Bertz CT molecular complexity index is 1310. The first-order valence-corrected chi connectivity index (χ1v) is 13.4. The average molecular weight is 516 g/mol. The Morgan fingerprint density at radius 2 is 2.00 bits per heavy atom. The molecule has 1 fully saturated rings. The number of nitrogens with two attached hydrogens (primary N) is 1. The van der Waals surface area contributed by atoms with Crippen molar-refractivity contribution in [2.24, 2.45) is 17.8 Å². The van der Waals surface area contributed by atoms with Crippen molar-refractivity contribution in [2.75, 3.05) is 31.8 Å². The molecule has 35 heavy (non-hydrogen) atoms. The number of aromatic nitrogens is 1. The lowest BCUT2D eigenvalue weighted by molar-refractivity contribution is -0.145. The van der Waals surface area contributed by atoms with Crippen LogP contribution in [0.4, 0.5) is 0 Å². The largest absolute Gasteiger partial charge is 0.493 e. The van der Waals surface area contributed by atoms with Crippen LogP contribution in [0.1, 0.15) is 24.6 Å². The second kappa shape index (κ2) is 11.2. The molecule has 0 saturated carbocycles. The van der Waals surface area contributed by atoms with Crippen LogP contribution in [0, 0.1) is 0 Å². The van der Waals surface area contributed by atoms with Gasteiger partial charge in [0.25, 0.3) is 5.56 Å². The van der Waals surface area contributed by atoms with Crippen molar-refractivity contribution >= 4 is 45.0 Å². The molecular weight excluding hydrogens is 486 g/mol. The molecule has 0 aliphatic carbocycles. The number of amidine groups is 1. The predicted molar refractivity (Wildman–Crippen MR) is 142 cm³/mol. The van der Waals surface area contributed by atoms with E-state index in [0.29, 0.717) is 29.3 Å². The van der Waals surface area contributed by atoms with Crippen LogP contribution < -0.4 is 20.8 Å². The molecule has 3 aromatic rings. The zero-order valence-corrected chi connectivity index (χ0v) is 21.7. The Morgan fingerprint density at radius 1 is 1.23 bits per heavy atom. The lowest BCUT2D eigenvalue weighted by atomic mass is 10.1. The van der Waals surface area contributed by atoms with Crippen molar-refractivity contribution in [3.8, 4) is 22.6 Å². The fraction of sp³-hybridized carbons (Fsp3) is 0.400. The monoisotopic (exact) mass is 515 g/mol. The van der Waals surface area contributed by atoms with E-state index in [9.17, 15) is 9.59 Å². The molecule has 3 heterocycles. The third kappa shape index (κ3) is 5.65. The summed E-state index contributed by atoms with van der Waals surface area (Å²) in [6.45, 7) is 1.82. The number of carbonyl (C=O) groups is 1. The van der Waals surface area contributed by atoms with E-state index in [4.69, 9.17) is 24.9 Å². The fourth-order valence-electron chi connectivity index (χ4n) is 3.95. The number of carbonyl (C=O) groups excluding carboxylic acids is 1. The Kier molecular flexibility index (Phi) is 8.02. The molecule has 0 unspecified atom stereocenters. The average Bonchev–Trinajstić information content (AvgIpc) is 3.32. The molecule has 1 aliphatic rings. The number of benzene rings is 1. The Morgan fingerprint density at radius 3 is 2.71 bits per heavy atom. The number of ether oxygens (including phenoxy) is 3. The summed E-state index contributed by atoms with van der Waals surface area (Å²) < 4.78 is 18.4. The van der Waals surface area contributed by atoms with Gasteiger partial charge in [-0.3, -0.25) is 9.79 Å². The van der Waals surface area contributed by atoms with Crippen molar-refractivity contribution in [3.63, 3.8) is 0 Å². The van der Waals surface area contributed by atoms with Crippen LogP contribution in [0.25, 0.3) is 21.2 Å². The number of hydrogen-bond donors (Lipinski definition) is 1. The van der Waals surface area contributed by atoms with Crippen LogP contribution in [0.15, 0.2) is 40.2 Å². The maximum absolute atomic E-state index is 12.9. The maximum Gasteiger partial charge on any atom is 0.344 e. The number of aliphatic imine (C=N–C) groups is 1. The summed E-state index contributed by atoms with van der Waals surface area (Å²) in [5.41, 5.74) is 8.01. The molecule has 1 aliphatic heterocycles. The number of pyridine rings is 1. The first-order valence-electron chi connectivity index (χ1n) is 11.4. The van der Waals surface area contributed by atoms with Crippen molar-refractivity contribution < 1.29 is 19.0 Å². The number of methoxy groups -OCH3 is 1. The molecule has 8 nitrogen and oxygen atoms in total. The van der Waals surface area contributed by atoms with Gasteiger partial charge in [-0.25, -0.2) is 4.79 Å². The zero-order chi connectivity index (χ0) is 24.9. The van der Waals surface area contributed by atoms with Crippen LogP contribution >= 0.6 is 23.1 Å². The van der Waals surface area contributed by atoms with Crippen LogP contribution in [0.5, 0.6) is 11.5 Å². The first kappa shape index (κ1) is 25.1. The Hall–Kier alpha value is -2.98. The molecule has 1 aromatic carbocycles. The van der Waals surface area contributed by atoms with Gasteiger partial charge < -0.3 is 24.5 Å². The zero-order valence-electron chi connectivity index (χ0n) is 20.0. The van der Waals surface area contributed by atoms with Gasteiger partial charge in [-0.15, -0.1) is 11.3 Å². The molecule has 0 atom stereocenters. The predicted octanol–water partition coefficient (Wildman–Crippen LogP) is 3.82. The normalized spacial score (nSPS) is 14.8. The highest BCUT2D eigenvalue weighted by atomic mass is 32.2. The van der Waals surface area contributed by atoms with Crippen molar-refractivity contribution in [1.29, 1.82) is 0 Å². The van der Waals surface area contributed by atoms with Crippen LogP contribution in [-0.4, -0.2) is 54.2 Å². The smallest absolute Gasteiger partial charge is 0.344 e. The summed E-state index contributed by atoms with van der Waals surface area (Å²) >= 11 is 3.41. The molecule has 186 valence electrons. The lowest BCUT2D eigenvalue weighted by Gasteiger charge is -2.17. The SMILES string of the molecule is CCOC(=O)COc1ccc(-c2cn(C)c(=O)c3cc(C(N)=NC4CCSCC4)sc23)cc1OC. The minimum atomic E-state index is -0.448. The molecule has 0 bridgehead atoms. The second-order valence-electron chi connectivity index (χ2n) is 8.13. The third-order valence-corrected chi connectivity index (χ3v) is 7.98. The van der Waals surface area contributed by atoms with E-state index in [2.05, 4.69) is 0 Å². The number of thiophene rings is 1. The highest BCUT2D eigenvalue weighted by molar-refractivity contribution is 7.99. The van der Waals surface area contributed by atoms with Crippen molar-refractivity contribution in [2.45, 2.75) is 25.8 Å². The lowest BCUT2D eigenvalue weighted by Crippen LogP contribution is -2.20. The summed E-state index contributed by atoms with van der Waals surface area (Å²) in [5, 5.41) is 0.601. The van der Waals surface area contributed by atoms with Gasteiger partial charge >= 0.3 is 5.97 Å². The minimum Gasteiger partial charge on any atom is -0.493 e. The number of fused-ring (bicyclic) bond motifs is 1. The van der Waals surface area contributed by atoms with Gasteiger partial charge in [-0.2, -0.15) is 11.8 Å². The highest BCUT2D eigenvalue weighted by Crippen LogP contribution is 2.37. The van der Waals surface area contributed by atoms with Crippen molar-refractivity contribution in [1.82, 2.24) is 4.57 Å². The summed E-state index contributed by atoms with van der Waals surface area (Å²) in [5.74, 6) is 3.13. The summed E-state index contributed by atoms with van der Waals surface area (Å²) in [6, 6.07) is 7.52. The molecule has 0 amide bonds. The van der Waals surface area contributed by atoms with Gasteiger partial charge in [-0.05, 0) is 55.0 Å². The summed E-state index contributed by atoms with van der Waals surface area (Å²) in [7, 11) is 3.27. The van der Waals surface area contributed by atoms with E-state index in [1.807, 2.05) is 36.2 Å². The number of rotatable bonds is 8. The summed E-state index contributed by atoms with van der Waals surface area (Å²) in [4.78, 5) is 30.1. The summed E-state index contributed by atoms with van der Waals surface area (Å²) in [6.07, 6.45) is 3.85. The van der Waals surface area contributed by atoms with E-state index >= 15 is 0 Å². The topological polar surface area (TPSA) is 105 Å². The van der Waals surface area contributed by atoms with Gasteiger partial charge in [0, 0.05) is 23.5 Å². The maximum atomic E-state index is 12.9. The third-order valence-electron chi connectivity index (χ3n) is 5.74. The van der Waals surface area contributed by atoms with E-state index in [0.717, 1.165) is 45.1 Å². The number of hydrogen-bond acceptors (Lipinski definition) is 8. The highest BCUT2D eigenvalue weighted by Gasteiger charge is 2.18. The number of aryl methyl sites for hydroxylation is 1. The number of esters is 1.